The summed E-state index contributed by atoms with van der Waals surface area (Å²) in [6.07, 6.45) is 1.47. The third-order valence-electron chi connectivity index (χ3n) is 4.89. The molecule has 0 aliphatic rings. The van der Waals surface area contributed by atoms with Gasteiger partial charge in [-0.15, -0.1) is 0 Å². The van der Waals surface area contributed by atoms with Gasteiger partial charge in [-0.1, -0.05) is 67.6 Å². The molecule has 0 amide bonds. The number of quaternary nitrogens is 1. The lowest BCUT2D eigenvalue weighted by Crippen LogP contribution is -3.12. The van der Waals surface area contributed by atoms with Crippen LogP contribution >= 0.6 is 0 Å². The summed E-state index contributed by atoms with van der Waals surface area (Å²) in [7, 11) is 4.26. The molecule has 0 fully saturated rings. The van der Waals surface area contributed by atoms with Crippen molar-refractivity contribution in [3.05, 3.63) is 71.8 Å². The van der Waals surface area contributed by atoms with Crippen molar-refractivity contribution in [3.63, 3.8) is 0 Å². The maximum atomic E-state index is 13.4. The van der Waals surface area contributed by atoms with E-state index in [0.29, 0.717) is 12.2 Å². The van der Waals surface area contributed by atoms with Crippen molar-refractivity contribution in [1.82, 2.24) is 0 Å². The van der Waals surface area contributed by atoms with E-state index in [2.05, 4.69) is 52.2 Å². The first-order valence-corrected chi connectivity index (χ1v) is 8.49. The van der Waals surface area contributed by atoms with Gasteiger partial charge >= 0.3 is 0 Å². The summed E-state index contributed by atoms with van der Waals surface area (Å²) in [4.78, 5) is 14.7. The van der Waals surface area contributed by atoms with Crippen LogP contribution in [0.15, 0.2) is 60.7 Å². The summed E-state index contributed by atoms with van der Waals surface area (Å²) in [5.74, 6) is 0.311. The Morgan fingerprint density at radius 2 is 1.39 bits per heavy atom. The summed E-state index contributed by atoms with van der Waals surface area (Å²) in [5, 5.41) is 0. The number of ketones is 1. The number of carbonyl (C=O) groups excluding carboxylic acids is 1. The molecule has 2 aromatic rings. The highest BCUT2D eigenvalue weighted by Crippen LogP contribution is 2.37. The Labute approximate surface area is 140 Å². The zero-order valence-electron chi connectivity index (χ0n) is 14.7. The zero-order chi connectivity index (χ0) is 16.9. The van der Waals surface area contributed by atoms with Crippen LogP contribution in [-0.4, -0.2) is 25.9 Å². The smallest absolute Gasteiger partial charge is 0.153 e. The van der Waals surface area contributed by atoms with Crippen molar-refractivity contribution < 1.29 is 9.69 Å². The minimum Gasteiger partial charge on any atom is -0.336 e. The monoisotopic (exact) mass is 310 g/mol. The number of Topliss-reactive ketones (excluding diaryl/α,β-unsaturated/α-hetero) is 1. The van der Waals surface area contributed by atoms with Gasteiger partial charge in [0.1, 0.15) is 11.5 Å². The molecule has 1 N–H and O–H groups in total. The van der Waals surface area contributed by atoms with Crippen LogP contribution in [0.4, 0.5) is 0 Å². The van der Waals surface area contributed by atoms with Crippen molar-refractivity contribution in [1.29, 1.82) is 0 Å². The molecule has 0 bridgehead atoms. The average molecular weight is 310 g/mol. The number of hydrogen-bond donors (Lipinski definition) is 1. The van der Waals surface area contributed by atoms with Crippen molar-refractivity contribution >= 4 is 5.78 Å². The molecule has 2 aromatic carbocycles. The highest BCUT2D eigenvalue weighted by molar-refractivity contribution is 5.94. The lowest BCUT2D eigenvalue weighted by atomic mass is 9.65. The minimum atomic E-state index is -0.600. The third-order valence-corrected chi connectivity index (χ3v) is 4.89. The molecule has 1 unspecified atom stereocenters. The first-order valence-electron chi connectivity index (χ1n) is 8.49. The van der Waals surface area contributed by atoms with E-state index >= 15 is 0 Å². The van der Waals surface area contributed by atoms with E-state index < -0.39 is 5.41 Å². The largest absolute Gasteiger partial charge is 0.336 e. The van der Waals surface area contributed by atoms with Crippen LogP contribution in [0.5, 0.6) is 0 Å². The molecule has 0 saturated heterocycles. The van der Waals surface area contributed by atoms with Crippen LogP contribution in [0.2, 0.25) is 0 Å². The van der Waals surface area contributed by atoms with Crippen LogP contribution in [-0.2, 0) is 10.2 Å². The molecular formula is C21H28NO+. The Kier molecular flexibility index (Phi) is 5.73. The molecule has 0 saturated carbocycles. The minimum absolute atomic E-state index is 0.145. The van der Waals surface area contributed by atoms with E-state index in [9.17, 15) is 4.79 Å². The first-order chi connectivity index (χ1) is 11.0. The Balaban J connectivity index is 2.76. The van der Waals surface area contributed by atoms with Crippen LogP contribution in [0, 0.1) is 0 Å². The predicted molar refractivity (Wildman–Crippen MR) is 95.9 cm³/mol. The van der Waals surface area contributed by atoms with E-state index in [-0.39, 0.29) is 6.04 Å². The fraction of sp³-hybridized carbons (Fsp3) is 0.381. The summed E-state index contributed by atoms with van der Waals surface area (Å²) in [6.45, 7) is 4.26. The Morgan fingerprint density at radius 3 is 1.74 bits per heavy atom. The topological polar surface area (TPSA) is 21.5 Å². The van der Waals surface area contributed by atoms with Crippen molar-refractivity contribution in [2.24, 2.45) is 0 Å². The summed E-state index contributed by atoms with van der Waals surface area (Å²) in [6, 6.07) is 20.7. The van der Waals surface area contributed by atoms with Gasteiger partial charge in [0.2, 0.25) is 0 Å². The van der Waals surface area contributed by atoms with Crippen LogP contribution < -0.4 is 4.90 Å². The van der Waals surface area contributed by atoms with Gasteiger partial charge in [-0.2, -0.15) is 0 Å². The molecule has 2 nitrogen and oxygen atoms in total. The van der Waals surface area contributed by atoms with E-state index in [1.165, 1.54) is 4.90 Å². The van der Waals surface area contributed by atoms with Crippen LogP contribution in [0.3, 0.4) is 0 Å². The molecule has 0 heterocycles. The van der Waals surface area contributed by atoms with E-state index in [4.69, 9.17) is 0 Å². The number of benzene rings is 2. The van der Waals surface area contributed by atoms with Crippen molar-refractivity contribution in [3.8, 4) is 0 Å². The normalized spacial score (nSPS) is 13.1. The number of hydrogen-bond acceptors (Lipinski definition) is 1. The molecule has 0 aliphatic carbocycles. The number of rotatable bonds is 7. The maximum absolute atomic E-state index is 13.4. The first kappa shape index (κ1) is 17.4. The molecule has 0 radical (unpaired) electrons. The van der Waals surface area contributed by atoms with Gasteiger partial charge in [0, 0.05) is 6.42 Å². The van der Waals surface area contributed by atoms with Gasteiger partial charge in [0.15, 0.2) is 5.78 Å². The lowest BCUT2D eigenvalue weighted by Gasteiger charge is -2.39. The fourth-order valence-electron chi connectivity index (χ4n) is 3.49. The number of carbonyl (C=O) groups is 1. The molecular weight excluding hydrogens is 282 g/mol. The van der Waals surface area contributed by atoms with Gasteiger partial charge in [0.25, 0.3) is 0 Å². The summed E-state index contributed by atoms with van der Waals surface area (Å²) < 4.78 is 0. The highest BCUT2D eigenvalue weighted by Gasteiger charge is 2.49. The maximum Gasteiger partial charge on any atom is 0.153 e. The molecule has 2 heteroatoms. The lowest BCUT2D eigenvalue weighted by molar-refractivity contribution is -0.886. The standard InChI is InChI=1S/C21H27NO/c1-5-12-20(23)21(17(2)22(3)4,18-13-8-6-9-14-18)19-15-10-7-11-16-19/h6-11,13-17H,5,12H2,1-4H3/p+1. The van der Waals surface area contributed by atoms with Crippen LogP contribution in [0.1, 0.15) is 37.8 Å². The van der Waals surface area contributed by atoms with E-state index in [1.54, 1.807) is 0 Å². The van der Waals surface area contributed by atoms with Gasteiger partial charge in [0.05, 0.1) is 14.1 Å². The molecule has 0 aromatic heterocycles. The zero-order valence-corrected chi connectivity index (χ0v) is 14.7. The molecule has 1 atom stereocenters. The quantitative estimate of drug-likeness (QED) is 0.834. The molecule has 122 valence electrons. The summed E-state index contributed by atoms with van der Waals surface area (Å²) in [5.41, 5.74) is 1.59. The number of nitrogens with one attached hydrogen (secondary N) is 1. The molecule has 2 rings (SSSR count). The van der Waals surface area contributed by atoms with E-state index in [1.807, 2.05) is 36.4 Å². The Morgan fingerprint density at radius 1 is 0.957 bits per heavy atom. The second kappa shape index (κ2) is 7.56. The van der Waals surface area contributed by atoms with Gasteiger partial charge in [-0.05, 0) is 24.5 Å². The Hall–Kier alpha value is -1.93. The second-order valence-corrected chi connectivity index (χ2v) is 6.51. The molecule has 0 aliphatic heterocycles. The van der Waals surface area contributed by atoms with Gasteiger partial charge in [-0.25, -0.2) is 0 Å². The number of likely N-dealkylation sites (N-methyl/N-ethyl adjacent to an activating group) is 1. The van der Waals surface area contributed by atoms with Gasteiger partial charge in [-0.3, -0.25) is 4.79 Å². The molecule has 23 heavy (non-hydrogen) atoms. The highest BCUT2D eigenvalue weighted by atomic mass is 16.1. The van der Waals surface area contributed by atoms with Crippen molar-refractivity contribution in [2.75, 3.05) is 14.1 Å². The third kappa shape index (κ3) is 3.23. The average Bonchev–Trinajstić information content (AvgIpc) is 2.57. The summed E-state index contributed by atoms with van der Waals surface area (Å²) >= 11 is 0. The van der Waals surface area contributed by atoms with Crippen molar-refractivity contribution in [2.45, 2.75) is 38.1 Å². The predicted octanol–water partition coefficient (Wildman–Crippen LogP) is 2.87. The SMILES string of the molecule is CCCC(=O)C(c1ccccc1)(c1ccccc1)C(C)[NH+](C)C. The van der Waals surface area contributed by atoms with E-state index in [0.717, 1.165) is 17.5 Å². The van der Waals surface area contributed by atoms with Crippen LogP contribution in [0.25, 0.3) is 0 Å². The fourth-order valence-corrected chi connectivity index (χ4v) is 3.49. The second-order valence-electron chi connectivity index (χ2n) is 6.51. The van der Waals surface area contributed by atoms with Gasteiger partial charge < -0.3 is 4.90 Å². The Bertz CT molecular complexity index is 579. The molecule has 0 spiro atoms.